The van der Waals surface area contributed by atoms with Gasteiger partial charge in [-0.05, 0) is 81.5 Å². The third kappa shape index (κ3) is 4.42. The number of aryl methyl sites for hydroxylation is 5. The quantitative estimate of drug-likeness (QED) is 0.436. The first kappa shape index (κ1) is 19.2. The molecule has 0 amide bonds. The second-order valence-corrected chi connectivity index (χ2v) is 7.69. The number of anilines is 3. The van der Waals surface area contributed by atoms with E-state index in [1.165, 1.54) is 57.7 Å². The molecule has 0 radical (unpaired) electrons. The summed E-state index contributed by atoms with van der Waals surface area (Å²) in [5.74, 6) is 0. The molecule has 0 aromatic heterocycles. The van der Waals surface area contributed by atoms with Crippen LogP contribution in [0.5, 0.6) is 0 Å². The zero-order valence-corrected chi connectivity index (χ0v) is 17.3. The maximum Gasteiger partial charge on any atom is 0.0491 e. The molecule has 0 aliphatic rings. The predicted molar refractivity (Wildman–Crippen MR) is 119 cm³/mol. The van der Waals surface area contributed by atoms with Crippen molar-refractivity contribution in [3.8, 4) is 0 Å². The van der Waals surface area contributed by atoms with Crippen molar-refractivity contribution in [3.05, 3.63) is 88.5 Å². The summed E-state index contributed by atoms with van der Waals surface area (Å²) < 4.78 is 0. The van der Waals surface area contributed by atoms with Gasteiger partial charge in [0.2, 0.25) is 0 Å². The molecule has 0 heterocycles. The van der Waals surface area contributed by atoms with Crippen LogP contribution < -0.4 is 4.90 Å². The van der Waals surface area contributed by atoms with Gasteiger partial charge in [0.25, 0.3) is 0 Å². The van der Waals surface area contributed by atoms with Gasteiger partial charge >= 0.3 is 0 Å². The minimum absolute atomic E-state index is 1.16. The Morgan fingerprint density at radius 1 is 0.667 bits per heavy atom. The second-order valence-electron chi connectivity index (χ2n) is 7.69. The van der Waals surface area contributed by atoms with Crippen LogP contribution in [0.4, 0.5) is 17.1 Å². The number of nitrogens with zero attached hydrogens (tertiary/aromatic N) is 1. The number of benzene rings is 3. The van der Waals surface area contributed by atoms with Crippen molar-refractivity contribution in [1.29, 1.82) is 0 Å². The Hall–Kier alpha value is -2.54. The van der Waals surface area contributed by atoms with E-state index in [4.69, 9.17) is 0 Å². The number of hydrogen-bond acceptors (Lipinski definition) is 1. The van der Waals surface area contributed by atoms with Gasteiger partial charge in [-0.15, -0.1) is 0 Å². The molecule has 1 heteroatoms. The van der Waals surface area contributed by atoms with Crippen LogP contribution in [-0.4, -0.2) is 0 Å². The van der Waals surface area contributed by atoms with E-state index in [0.29, 0.717) is 0 Å². The molecule has 0 saturated heterocycles. The first-order valence-electron chi connectivity index (χ1n) is 10.0. The van der Waals surface area contributed by atoms with Crippen LogP contribution in [0.2, 0.25) is 0 Å². The van der Waals surface area contributed by atoms with Crippen LogP contribution in [0.3, 0.4) is 0 Å². The highest BCUT2D eigenvalue weighted by molar-refractivity contribution is 5.80. The van der Waals surface area contributed by atoms with Crippen LogP contribution in [0, 0.1) is 27.7 Å². The number of rotatable bonds is 6. The van der Waals surface area contributed by atoms with Gasteiger partial charge in [-0.25, -0.2) is 0 Å². The Morgan fingerprint density at radius 3 is 1.63 bits per heavy atom. The van der Waals surface area contributed by atoms with Gasteiger partial charge in [0, 0.05) is 17.1 Å². The molecule has 3 aromatic rings. The van der Waals surface area contributed by atoms with Gasteiger partial charge in [-0.3, -0.25) is 0 Å². The van der Waals surface area contributed by atoms with Crippen LogP contribution in [0.1, 0.15) is 47.6 Å². The fourth-order valence-electron chi connectivity index (χ4n) is 3.71. The second kappa shape index (κ2) is 8.43. The highest BCUT2D eigenvalue weighted by Gasteiger charge is 2.16. The molecule has 0 N–H and O–H groups in total. The molecule has 0 bridgehead atoms. The standard InChI is InChI=1S/C26H31N/c1-6-7-8-23-11-13-24(14-12-23)27(25-15-9-19(2)17-21(25)4)26-16-10-20(3)18-22(26)5/h9-18H,6-8H2,1-5H3. The molecule has 0 fully saturated rings. The van der Waals surface area contributed by atoms with Crippen molar-refractivity contribution in [2.75, 3.05) is 4.90 Å². The van der Waals surface area contributed by atoms with E-state index >= 15 is 0 Å². The molecule has 3 aromatic carbocycles. The van der Waals surface area contributed by atoms with Gasteiger partial charge in [0.1, 0.15) is 0 Å². The van der Waals surface area contributed by atoms with Gasteiger partial charge in [-0.2, -0.15) is 0 Å². The van der Waals surface area contributed by atoms with Crippen molar-refractivity contribution >= 4 is 17.1 Å². The largest absolute Gasteiger partial charge is 0.310 e. The SMILES string of the molecule is CCCCc1ccc(N(c2ccc(C)cc2C)c2ccc(C)cc2C)cc1. The maximum atomic E-state index is 2.40. The Morgan fingerprint density at radius 2 is 1.19 bits per heavy atom. The topological polar surface area (TPSA) is 3.24 Å². The smallest absolute Gasteiger partial charge is 0.0491 e. The molecule has 0 spiro atoms. The molecule has 0 aliphatic heterocycles. The molecule has 0 atom stereocenters. The third-order valence-corrected chi connectivity index (χ3v) is 5.20. The molecule has 0 aliphatic carbocycles. The van der Waals surface area contributed by atoms with E-state index in [1.54, 1.807) is 0 Å². The minimum Gasteiger partial charge on any atom is -0.310 e. The summed E-state index contributed by atoms with van der Waals surface area (Å²) in [6.07, 6.45) is 3.64. The summed E-state index contributed by atoms with van der Waals surface area (Å²) in [5, 5.41) is 0. The average Bonchev–Trinajstić information content (AvgIpc) is 2.64. The molecule has 140 valence electrons. The van der Waals surface area contributed by atoms with E-state index in [-0.39, 0.29) is 0 Å². The lowest BCUT2D eigenvalue weighted by molar-refractivity contribution is 0.795. The van der Waals surface area contributed by atoms with Crippen molar-refractivity contribution in [2.24, 2.45) is 0 Å². The highest BCUT2D eigenvalue weighted by Crippen LogP contribution is 2.38. The summed E-state index contributed by atoms with van der Waals surface area (Å²) in [4.78, 5) is 2.40. The monoisotopic (exact) mass is 357 g/mol. The summed E-state index contributed by atoms with van der Waals surface area (Å²) >= 11 is 0. The highest BCUT2D eigenvalue weighted by atomic mass is 15.1. The predicted octanol–water partition coefficient (Wildman–Crippen LogP) is 7.73. The van der Waals surface area contributed by atoms with Crippen molar-refractivity contribution in [1.82, 2.24) is 0 Å². The summed E-state index contributed by atoms with van der Waals surface area (Å²) in [5.41, 5.74) is 10.3. The van der Waals surface area contributed by atoms with Crippen LogP contribution >= 0.6 is 0 Å². The summed E-state index contributed by atoms with van der Waals surface area (Å²) in [6, 6.07) is 22.5. The molecule has 27 heavy (non-hydrogen) atoms. The Bertz CT molecular complexity index is 854. The molecule has 1 nitrogen and oxygen atoms in total. The molecular weight excluding hydrogens is 326 g/mol. The van der Waals surface area contributed by atoms with Crippen molar-refractivity contribution in [3.63, 3.8) is 0 Å². The minimum atomic E-state index is 1.16. The Labute approximate surface area is 164 Å². The Kier molecular flexibility index (Phi) is 6.01. The Balaban J connectivity index is 2.09. The number of unbranched alkanes of at least 4 members (excludes halogenated alkanes) is 1. The van der Waals surface area contributed by atoms with Crippen molar-refractivity contribution < 1.29 is 0 Å². The van der Waals surface area contributed by atoms with Gasteiger partial charge < -0.3 is 4.90 Å². The summed E-state index contributed by atoms with van der Waals surface area (Å²) in [7, 11) is 0. The molecular formula is C26H31N. The van der Waals surface area contributed by atoms with Crippen LogP contribution in [0.15, 0.2) is 60.7 Å². The van der Waals surface area contributed by atoms with Crippen molar-refractivity contribution in [2.45, 2.75) is 53.9 Å². The average molecular weight is 358 g/mol. The molecule has 0 unspecified atom stereocenters. The zero-order valence-electron chi connectivity index (χ0n) is 17.3. The zero-order chi connectivity index (χ0) is 19.4. The van der Waals surface area contributed by atoms with Gasteiger partial charge in [0.05, 0.1) is 0 Å². The fraction of sp³-hybridized carbons (Fsp3) is 0.308. The van der Waals surface area contributed by atoms with E-state index < -0.39 is 0 Å². The molecule has 0 saturated carbocycles. The summed E-state index contributed by atoms with van der Waals surface area (Å²) in [6.45, 7) is 11.0. The first-order valence-corrected chi connectivity index (χ1v) is 10.0. The van der Waals surface area contributed by atoms with E-state index in [2.05, 4.69) is 100 Å². The van der Waals surface area contributed by atoms with Crippen LogP contribution in [0.25, 0.3) is 0 Å². The van der Waals surface area contributed by atoms with Gasteiger partial charge in [-0.1, -0.05) is 60.9 Å². The van der Waals surface area contributed by atoms with E-state index in [9.17, 15) is 0 Å². The lowest BCUT2D eigenvalue weighted by Gasteiger charge is -2.29. The third-order valence-electron chi connectivity index (χ3n) is 5.20. The van der Waals surface area contributed by atoms with Crippen LogP contribution in [-0.2, 0) is 6.42 Å². The lowest BCUT2D eigenvalue weighted by atomic mass is 10.0. The van der Waals surface area contributed by atoms with Gasteiger partial charge in [0.15, 0.2) is 0 Å². The molecule has 3 rings (SSSR count). The van der Waals surface area contributed by atoms with E-state index in [0.717, 1.165) is 6.42 Å². The number of hydrogen-bond donors (Lipinski definition) is 0. The first-order chi connectivity index (χ1) is 13.0. The lowest BCUT2D eigenvalue weighted by Crippen LogP contribution is -2.13. The fourth-order valence-corrected chi connectivity index (χ4v) is 3.71. The maximum absolute atomic E-state index is 2.40. The normalized spacial score (nSPS) is 10.9. The van der Waals surface area contributed by atoms with E-state index in [1.807, 2.05) is 0 Å².